The molecule has 0 radical (unpaired) electrons. The first-order chi connectivity index (χ1) is 12.8. The van der Waals surface area contributed by atoms with E-state index in [-0.39, 0.29) is 51.7 Å². The van der Waals surface area contributed by atoms with Gasteiger partial charge in [0.15, 0.2) is 0 Å². The number of β-amino-alcohol motifs (C(OH)–C–C–N with tert-alkyl or cyclic N) is 1. The molecule has 0 fully saturated rings. The maximum atomic E-state index is 12.6. The van der Waals surface area contributed by atoms with Crippen LogP contribution in [0.15, 0.2) is 26.3 Å². The third kappa shape index (κ3) is 4.29. The van der Waals surface area contributed by atoms with Gasteiger partial charge in [0.2, 0.25) is 0 Å². The highest BCUT2D eigenvalue weighted by Gasteiger charge is 2.35. The van der Waals surface area contributed by atoms with Gasteiger partial charge in [-0.3, -0.25) is 4.79 Å². The fourth-order valence-corrected chi connectivity index (χ4v) is 4.51. The summed E-state index contributed by atoms with van der Waals surface area (Å²) in [7, 11) is 2.43. The lowest BCUT2D eigenvalue weighted by Gasteiger charge is -2.17. The Balaban J connectivity index is 2.54. The van der Waals surface area contributed by atoms with Gasteiger partial charge in [-0.1, -0.05) is 11.6 Å². The monoisotopic (exact) mass is 524 g/mol. The van der Waals surface area contributed by atoms with Gasteiger partial charge in [0.25, 0.3) is 5.91 Å². The van der Waals surface area contributed by atoms with Crippen molar-refractivity contribution in [3.63, 3.8) is 0 Å². The molecular weight excluding hydrogens is 511 g/mol. The number of nitrogens with one attached hydrogen (secondary N) is 1. The van der Waals surface area contributed by atoms with Gasteiger partial charge in [-0.2, -0.15) is 0 Å². The summed E-state index contributed by atoms with van der Waals surface area (Å²) in [5.41, 5.74) is 0.399. The Morgan fingerprint density at radius 3 is 2.48 bits per heavy atom. The number of hydrogen-bond acceptors (Lipinski definition) is 7. The molecule has 0 aromatic heterocycles. The minimum atomic E-state index is -0.691. The first-order valence-electron chi connectivity index (χ1n) is 7.51. The second kappa shape index (κ2) is 9.05. The summed E-state index contributed by atoms with van der Waals surface area (Å²) in [6.07, 6.45) is 0. The van der Waals surface area contributed by atoms with E-state index in [1.54, 1.807) is 0 Å². The number of halogens is 3. The molecule has 1 heterocycles. The first kappa shape index (κ1) is 21.7. The number of ether oxygens (including phenoxy) is 2. The molecule has 0 bridgehead atoms. The number of methoxy groups -OCH3 is 2. The van der Waals surface area contributed by atoms with Crippen molar-refractivity contribution in [2.45, 2.75) is 0 Å². The Kier molecular flexibility index (Phi) is 7.26. The first-order valence-corrected chi connectivity index (χ1v) is 9.47. The number of benzene rings is 1. The number of aliphatic hydroxyl groups is 1. The van der Waals surface area contributed by atoms with Crippen molar-refractivity contribution in [2.24, 2.45) is 0 Å². The summed E-state index contributed by atoms with van der Waals surface area (Å²) in [5, 5.41) is 12.1. The molecule has 1 aromatic rings. The van der Waals surface area contributed by atoms with E-state index in [1.807, 2.05) is 0 Å². The predicted octanol–water partition coefficient (Wildman–Crippen LogP) is 2.33. The molecule has 0 spiro atoms. The van der Waals surface area contributed by atoms with E-state index in [9.17, 15) is 14.4 Å². The molecule has 0 aliphatic carbocycles. The van der Waals surface area contributed by atoms with E-state index < -0.39 is 17.8 Å². The molecule has 2 N–H and O–H groups in total. The zero-order valence-electron chi connectivity index (χ0n) is 14.3. The number of aliphatic hydroxyl groups excluding tert-OH is 1. The predicted molar refractivity (Wildman–Crippen MR) is 105 cm³/mol. The van der Waals surface area contributed by atoms with Gasteiger partial charge in [0, 0.05) is 11.0 Å². The number of anilines is 1. The van der Waals surface area contributed by atoms with E-state index in [1.165, 1.54) is 25.2 Å². The number of carbonyl (C=O) groups is 3. The van der Waals surface area contributed by atoms with Gasteiger partial charge >= 0.3 is 11.9 Å². The van der Waals surface area contributed by atoms with E-state index in [4.69, 9.17) is 26.2 Å². The van der Waals surface area contributed by atoms with E-state index in [0.29, 0.717) is 4.47 Å². The Hall–Kier alpha value is -1.62. The number of amides is 1. The van der Waals surface area contributed by atoms with Gasteiger partial charge < -0.3 is 24.8 Å². The molecule has 0 saturated heterocycles. The van der Waals surface area contributed by atoms with Crippen molar-refractivity contribution < 1.29 is 29.0 Å². The molecule has 27 heavy (non-hydrogen) atoms. The summed E-state index contributed by atoms with van der Waals surface area (Å²) in [6, 6.07) is 1.46. The number of hydrogen-bond donors (Lipinski definition) is 2. The highest BCUT2D eigenvalue weighted by molar-refractivity contribution is 9.11. The topological polar surface area (TPSA) is 105 Å². The van der Waals surface area contributed by atoms with Crippen LogP contribution in [-0.4, -0.2) is 61.8 Å². The number of nitrogens with zero attached hydrogens (tertiary/aromatic N) is 1. The van der Waals surface area contributed by atoms with Crippen LogP contribution in [-0.2, 0) is 19.1 Å². The van der Waals surface area contributed by atoms with Crippen LogP contribution in [0.1, 0.15) is 10.4 Å². The van der Waals surface area contributed by atoms with Gasteiger partial charge in [0.1, 0.15) is 5.70 Å². The van der Waals surface area contributed by atoms with Gasteiger partial charge in [-0.05, 0) is 37.9 Å². The normalized spacial score (nSPS) is 13.9. The lowest BCUT2D eigenvalue weighted by Crippen LogP contribution is -2.31. The van der Waals surface area contributed by atoms with Crippen LogP contribution in [0.5, 0.6) is 0 Å². The van der Waals surface area contributed by atoms with Crippen molar-refractivity contribution in [3.8, 4) is 0 Å². The lowest BCUT2D eigenvalue weighted by atomic mass is 10.1. The molecule has 1 amide bonds. The van der Waals surface area contributed by atoms with Crippen LogP contribution >= 0.6 is 43.5 Å². The fourth-order valence-electron chi connectivity index (χ4n) is 2.47. The minimum Gasteiger partial charge on any atom is -0.466 e. The molecule has 1 aromatic carbocycles. The SMILES string of the molecule is COC(=O)C1=C(Nc2c(Cl)cc(Br)c(C(=O)OC)c2Br)C(=O)N(CCO)C1. The van der Waals surface area contributed by atoms with Crippen LogP contribution in [0.2, 0.25) is 5.02 Å². The van der Waals surface area contributed by atoms with Crippen molar-refractivity contribution in [3.05, 3.63) is 36.9 Å². The number of rotatable bonds is 6. The van der Waals surface area contributed by atoms with E-state index >= 15 is 0 Å². The molecule has 8 nitrogen and oxygen atoms in total. The van der Waals surface area contributed by atoms with Crippen LogP contribution in [0.25, 0.3) is 0 Å². The van der Waals surface area contributed by atoms with Crippen molar-refractivity contribution >= 4 is 67.0 Å². The Bertz CT molecular complexity index is 843. The second-order valence-corrected chi connectivity index (χ2v) is 7.37. The lowest BCUT2D eigenvalue weighted by molar-refractivity contribution is -0.136. The number of esters is 2. The average molecular weight is 527 g/mol. The fraction of sp³-hybridized carbons (Fsp3) is 0.312. The smallest absolute Gasteiger partial charge is 0.340 e. The zero-order chi connectivity index (χ0) is 20.3. The van der Waals surface area contributed by atoms with Crippen LogP contribution < -0.4 is 5.32 Å². The third-order valence-electron chi connectivity index (χ3n) is 3.76. The molecule has 1 aliphatic rings. The van der Waals surface area contributed by atoms with Crippen molar-refractivity contribution in [2.75, 3.05) is 39.2 Å². The quantitative estimate of drug-likeness (QED) is 0.549. The van der Waals surface area contributed by atoms with E-state index in [2.05, 4.69) is 37.2 Å². The summed E-state index contributed by atoms with van der Waals surface area (Å²) in [5.74, 6) is -1.82. The van der Waals surface area contributed by atoms with Crippen LogP contribution in [0, 0.1) is 0 Å². The summed E-state index contributed by atoms with van der Waals surface area (Å²) < 4.78 is 10.1. The minimum absolute atomic E-state index is 0.0238. The van der Waals surface area contributed by atoms with Gasteiger partial charge in [-0.25, -0.2) is 9.59 Å². The highest BCUT2D eigenvalue weighted by Crippen LogP contribution is 2.40. The zero-order valence-corrected chi connectivity index (χ0v) is 18.2. The highest BCUT2D eigenvalue weighted by atomic mass is 79.9. The molecule has 0 unspecified atom stereocenters. The largest absolute Gasteiger partial charge is 0.466 e. The van der Waals surface area contributed by atoms with E-state index in [0.717, 1.165) is 0 Å². The standard InChI is InChI=1S/C16H15Br2ClN2O6/c1-26-15(24)7-6-21(3-4-22)14(23)12(7)20-13-9(19)5-8(17)10(11(13)18)16(25)27-2/h5,20,22H,3-4,6H2,1-2H3. The summed E-state index contributed by atoms with van der Waals surface area (Å²) in [4.78, 5) is 38.0. The van der Waals surface area contributed by atoms with Crippen molar-refractivity contribution in [1.82, 2.24) is 4.90 Å². The Labute approximate surface area is 176 Å². The molecule has 2 rings (SSSR count). The molecule has 0 atom stereocenters. The summed E-state index contributed by atoms with van der Waals surface area (Å²) >= 11 is 12.8. The summed E-state index contributed by atoms with van der Waals surface area (Å²) in [6.45, 7) is -0.236. The molecule has 11 heteroatoms. The average Bonchev–Trinajstić information content (AvgIpc) is 2.93. The number of carbonyl (C=O) groups excluding carboxylic acids is 3. The second-order valence-electron chi connectivity index (χ2n) is 5.32. The maximum Gasteiger partial charge on any atom is 0.340 e. The van der Waals surface area contributed by atoms with Crippen LogP contribution in [0.4, 0.5) is 5.69 Å². The van der Waals surface area contributed by atoms with Gasteiger partial charge in [0.05, 0.1) is 53.7 Å². The third-order valence-corrected chi connectivity index (χ3v) is 5.48. The molecule has 146 valence electrons. The van der Waals surface area contributed by atoms with Crippen LogP contribution in [0.3, 0.4) is 0 Å². The van der Waals surface area contributed by atoms with Gasteiger partial charge in [-0.15, -0.1) is 0 Å². The maximum absolute atomic E-state index is 12.6. The van der Waals surface area contributed by atoms with Crippen molar-refractivity contribution in [1.29, 1.82) is 0 Å². The Morgan fingerprint density at radius 2 is 1.93 bits per heavy atom. The Morgan fingerprint density at radius 1 is 1.30 bits per heavy atom. The molecular formula is C16H15Br2ClN2O6. The molecule has 1 aliphatic heterocycles. The molecule has 0 saturated carbocycles.